The Labute approximate surface area is 341 Å². The molecule has 4 aromatic rings. The number of aliphatic carboxylic acids is 1. The van der Waals surface area contributed by atoms with Crippen molar-refractivity contribution < 1.29 is 61.1 Å². The standard InChI is InChI=1S/C38H39Cl2N3O8.C2HF3O2/c1-47-31-7-5-4-6-27(31)36(38(45)51-35-22-42-16-14-23(35)15-17-42)41-26-11-8-24(9-12-26)37(44)50-33(19-28-29(39)20-43(46)21-30(28)40)25-10-13-32(48-2)34(18-25)49-3;3-2(4,5)1(6)7/h4-13,18,20-21,23,33,35-36,41H,14-17,19,22H2,1-3H3;(H,6,7)/t33?,35-,36?;/m0./s1. The number of halogens is 5. The van der Waals surface area contributed by atoms with Gasteiger partial charge < -0.3 is 39.3 Å². The highest BCUT2D eigenvalue weighted by molar-refractivity contribution is 6.35. The molecule has 4 heterocycles. The third-order valence-corrected chi connectivity index (χ3v) is 10.4. The van der Waals surface area contributed by atoms with Crippen LogP contribution in [0.1, 0.15) is 52.0 Å². The fourth-order valence-electron chi connectivity index (χ4n) is 6.69. The number of carboxylic acid groups (broad SMARTS) is 1. The molecule has 7 rings (SSSR count). The largest absolute Gasteiger partial charge is 0.619 e. The van der Waals surface area contributed by atoms with Gasteiger partial charge in [-0.05, 0) is 79.9 Å². The van der Waals surface area contributed by atoms with Gasteiger partial charge in [-0.15, -0.1) is 0 Å². The quantitative estimate of drug-likeness (QED) is 0.0792. The molecule has 13 nitrogen and oxygen atoms in total. The second-order valence-corrected chi connectivity index (χ2v) is 14.1. The Morgan fingerprint density at radius 3 is 2.07 bits per heavy atom. The first kappa shape index (κ1) is 43.7. The number of benzene rings is 3. The minimum absolute atomic E-state index is 0.0711. The van der Waals surface area contributed by atoms with E-state index in [0.29, 0.717) is 50.3 Å². The van der Waals surface area contributed by atoms with E-state index in [1.54, 1.807) is 55.6 Å². The van der Waals surface area contributed by atoms with Gasteiger partial charge in [0.2, 0.25) is 0 Å². The molecule has 2 N–H and O–H groups in total. The lowest BCUT2D eigenvalue weighted by Gasteiger charge is -2.44. The number of hydrogen-bond donors (Lipinski definition) is 2. The van der Waals surface area contributed by atoms with E-state index in [1.165, 1.54) is 26.6 Å². The van der Waals surface area contributed by atoms with Crippen LogP contribution in [0.4, 0.5) is 18.9 Å². The Balaban J connectivity index is 0.000000839. The molecule has 0 spiro atoms. The lowest BCUT2D eigenvalue weighted by atomic mass is 9.86. The molecule has 58 heavy (non-hydrogen) atoms. The van der Waals surface area contributed by atoms with Crippen LogP contribution in [0.2, 0.25) is 10.0 Å². The summed E-state index contributed by atoms with van der Waals surface area (Å²) in [5.74, 6) is -1.95. The number of alkyl halides is 3. The first-order valence-corrected chi connectivity index (χ1v) is 18.6. The summed E-state index contributed by atoms with van der Waals surface area (Å²) in [5, 5.41) is 22.6. The van der Waals surface area contributed by atoms with Crippen LogP contribution >= 0.6 is 23.2 Å². The van der Waals surface area contributed by atoms with Gasteiger partial charge in [-0.2, -0.15) is 17.9 Å². The van der Waals surface area contributed by atoms with Crippen molar-refractivity contribution in [3.05, 3.63) is 117 Å². The lowest BCUT2D eigenvalue weighted by molar-refractivity contribution is -0.605. The molecular weight excluding hydrogens is 810 g/mol. The van der Waals surface area contributed by atoms with E-state index in [0.717, 1.165) is 32.5 Å². The second-order valence-electron chi connectivity index (χ2n) is 13.3. The number of ether oxygens (including phenoxy) is 5. The predicted molar refractivity (Wildman–Crippen MR) is 205 cm³/mol. The number of hydrogen-bond acceptors (Lipinski definition) is 11. The number of carbonyl (C=O) groups is 3. The van der Waals surface area contributed by atoms with Crippen molar-refractivity contribution in [2.24, 2.45) is 5.92 Å². The SMILES string of the molecule is COc1ccc(C(Cc2c(Cl)c[n+]([O-])cc2Cl)OC(=O)c2ccc(NC(C(=O)O[C@H]3CN4CCC3CC4)c3ccccc3OC)cc2)cc1OC.O=C(O)C(F)(F)F. The maximum absolute atomic E-state index is 13.8. The zero-order valence-corrected chi connectivity index (χ0v) is 33.0. The van der Waals surface area contributed by atoms with Gasteiger partial charge in [0.25, 0.3) is 0 Å². The number of nitrogens with zero attached hydrogens (tertiary/aromatic N) is 2. The molecule has 0 amide bonds. The smallest absolute Gasteiger partial charge is 0.490 e. The number of anilines is 1. The normalized spacial score (nSPS) is 18.1. The Hall–Kier alpha value is -5.45. The molecule has 3 aromatic carbocycles. The molecule has 18 heteroatoms. The van der Waals surface area contributed by atoms with Crippen LogP contribution in [0.3, 0.4) is 0 Å². The molecule has 2 unspecified atom stereocenters. The number of carboxylic acids is 1. The van der Waals surface area contributed by atoms with Gasteiger partial charge in [-0.25, -0.2) is 14.4 Å². The lowest BCUT2D eigenvalue weighted by Crippen LogP contribution is -2.52. The number of carbonyl (C=O) groups excluding carboxylic acids is 2. The molecule has 3 fully saturated rings. The van der Waals surface area contributed by atoms with Crippen molar-refractivity contribution in [2.45, 2.75) is 43.7 Å². The molecule has 3 aliphatic heterocycles. The Morgan fingerprint density at radius 2 is 1.52 bits per heavy atom. The minimum Gasteiger partial charge on any atom is -0.619 e. The van der Waals surface area contributed by atoms with E-state index >= 15 is 0 Å². The van der Waals surface area contributed by atoms with Crippen LogP contribution in [0, 0.1) is 11.1 Å². The van der Waals surface area contributed by atoms with Crippen molar-refractivity contribution in [2.75, 3.05) is 46.3 Å². The van der Waals surface area contributed by atoms with E-state index in [9.17, 15) is 28.0 Å². The van der Waals surface area contributed by atoms with Crippen molar-refractivity contribution in [1.82, 2.24) is 4.90 Å². The number of nitrogens with one attached hydrogen (secondary N) is 1. The van der Waals surface area contributed by atoms with Crippen LogP contribution in [-0.4, -0.2) is 81.2 Å². The summed E-state index contributed by atoms with van der Waals surface area (Å²) in [6.45, 7) is 2.80. The monoisotopic (exact) mass is 849 g/mol. The summed E-state index contributed by atoms with van der Waals surface area (Å²) < 4.78 is 60.9. The van der Waals surface area contributed by atoms with E-state index in [1.807, 2.05) is 18.2 Å². The summed E-state index contributed by atoms with van der Waals surface area (Å²) >= 11 is 12.8. The van der Waals surface area contributed by atoms with E-state index in [4.69, 9.17) is 56.8 Å². The number of pyridine rings is 1. The number of para-hydroxylation sites is 1. The van der Waals surface area contributed by atoms with Gasteiger partial charge in [0.15, 0.2) is 29.9 Å². The molecule has 1 aromatic heterocycles. The highest BCUT2D eigenvalue weighted by Crippen LogP contribution is 2.37. The number of rotatable bonds is 13. The first-order valence-electron chi connectivity index (χ1n) is 17.8. The Bertz CT molecular complexity index is 2060. The molecule has 2 bridgehead atoms. The number of aromatic nitrogens is 1. The Kier molecular flexibility index (Phi) is 14.6. The molecule has 0 aliphatic carbocycles. The Morgan fingerprint density at radius 1 is 0.914 bits per heavy atom. The van der Waals surface area contributed by atoms with E-state index < -0.39 is 36.2 Å². The van der Waals surface area contributed by atoms with Crippen LogP contribution in [0.25, 0.3) is 0 Å². The average molecular weight is 851 g/mol. The zero-order chi connectivity index (χ0) is 42.1. The van der Waals surface area contributed by atoms with Crippen LogP contribution in [0.5, 0.6) is 17.2 Å². The van der Waals surface area contributed by atoms with Crippen molar-refractivity contribution in [3.63, 3.8) is 0 Å². The van der Waals surface area contributed by atoms with Gasteiger partial charge in [0.1, 0.15) is 28.0 Å². The third-order valence-electron chi connectivity index (χ3n) is 9.70. The highest BCUT2D eigenvalue weighted by atomic mass is 35.5. The summed E-state index contributed by atoms with van der Waals surface area (Å²) in [6.07, 6.45) is -1.65. The second kappa shape index (κ2) is 19.3. The maximum atomic E-state index is 13.8. The van der Waals surface area contributed by atoms with Crippen molar-refractivity contribution in [1.29, 1.82) is 0 Å². The summed E-state index contributed by atoms with van der Waals surface area (Å²) in [7, 11) is 4.59. The molecule has 3 atom stereocenters. The number of piperidine rings is 3. The van der Waals surface area contributed by atoms with Gasteiger partial charge in [-0.3, -0.25) is 4.90 Å². The average Bonchev–Trinajstić information content (AvgIpc) is 3.21. The maximum Gasteiger partial charge on any atom is 0.490 e. The topological polar surface area (TPSA) is 160 Å². The minimum atomic E-state index is -5.08. The number of esters is 2. The van der Waals surface area contributed by atoms with Gasteiger partial charge in [-0.1, -0.05) is 47.5 Å². The highest BCUT2D eigenvalue weighted by Gasteiger charge is 2.39. The van der Waals surface area contributed by atoms with Crippen LogP contribution < -0.4 is 24.3 Å². The summed E-state index contributed by atoms with van der Waals surface area (Å²) in [5.41, 5.74) is 2.50. The van der Waals surface area contributed by atoms with E-state index in [2.05, 4.69) is 10.2 Å². The fraction of sp³-hybridized carbons (Fsp3) is 0.350. The van der Waals surface area contributed by atoms with Gasteiger partial charge >= 0.3 is 24.1 Å². The summed E-state index contributed by atoms with van der Waals surface area (Å²) in [6, 6.07) is 18.2. The van der Waals surface area contributed by atoms with Crippen molar-refractivity contribution in [3.8, 4) is 17.2 Å². The third kappa shape index (κ3) is 10.9. The van der Waals surface area contributed by atoms with E-state index in [-0.39, 0.29) is 28.1 Å². The number of fused-ring (bicyclic) bond motifs is 3. The molecule has 0 saturated carbocycles. The molecule has 310 valence electrons. The van der Waals surface area contributed by atoms with Gasteiger partial charge in [0, 0.05) is 29.8 Å². The predicted octanol–water partition coefficient (Wildman–Crippen LogP) is 7.22. The zero-order valence-electron chi connectivity index (χ0n) is 31.5. The molecule has 3 saturated heterocycles. The molecule has 0 radical (unpaired) electrons. The molecular formula is C40H40Cl2F3N3O10. The van der Waals surface area contributed by atoms with Crippen LogP contribution in [-0.2, 0) is 25.5 Å². The fourth-order valence-corrected chi connectivity index (χ4v) is 7.29. The van der Waals surface area contributed by atoms with Crippen LogP contribution in [0.15, 0.2) is 79.1 Å². The first-order chi connectivity index (χ1) is 27.6. The van der Waals surface area contributed by atoms with Gasteiger partial charge in [0.05, 0.1) is 26.9 Å². The molecule has 3 aliphatic rings. The summed E-state index contributed by atoms with van der Waals surface area (Å²) in [4.78, 5) is 38.7. The van der Waals surface area contributed by atoms with Crippen molar-refractivity contribution >= 4 is 46.8 Å². The number of methoxy groups -OCH3 is 3.